The van der Waals surface area contributed by atoms with Gasteiger partial charge in [-0.3, -0.25) is 9.59 Å². The molecule has 7 heteroatoms. The van der Waals surface area contributed by atoms with Crippen LogP contribution >= 0.6 is 0 Å². The highest BCUT2D eigenvalue weighted by atomic mass is 16.5. The topological polar surface area (TPSA) is 78.2 Å². The maximum Gasteiger partial charge on any atom is 0.290 e. The molecule has 1 aliphatic heterocycles. The third-order valence-corrected chi connectivity index (χ3v) is 5.84. The van der Waals surface area contributed by atoms with E-state index >= 15 is 0 Å². The van der Waals surface area contributed by atoms with Gasteiger partial charge in [0.25, 0.3) is 5.91 Å². The Balaban J connectivity index is 1.80. The van der Waals surface area contributed by atoms with E-state index in [1.54, 1.807) is 36.3 Å². The second-order valence-electron chi connectivity index (χ2n) is 8.74. The molecule has 3 aromatic rings. The molecule has 1 atom stereocenters. The number of nitrogens with zero attached hydrogens (tertiary/aromatic N) is 1. The van der Waals surface area contributed by atoms with Gasteiger partial charge in [0.1, 0.15) is 5.58 Å². The Kier molecular flexibility index (Phi) is 7.22. The zero-order valence-corrected chi connectivity index (χ0v) is 20.1. The molecule has 34 heavy (non-hydrogen) atoms. The molecule has 7 nitrogen and oxygen atoms in total. The molecule has 0 spiro atoms. The number of ether oxygens (including phenoxy) is 3. The van der Waals surface area contributed by atoms with Crippen molar-refractivity contribution in [1.82, 2.24) is 4.90 Å². The van der Waals surface area contributed by atoms with Crippen molar-refractivity contribution in [2.24, 2.45) is 5.92 Å². The summed E-state index contributed by atoms with van der Waals surface area (Å²) in [6.45, 7) is 8.20. The Morgan fingerprint density at radius 2 is 1.88 bits per heavy atom. The summed E-state index contributed by atoms with van der Waals surface area (Å²) in [6, 6.07) is 12.0. The molecule has 4 rings (SSSR count). The standard InChI is InChI=1S/C27H31NO6/c1-5-32-14-8-13-28-24(18-11-12-21(22(15-18)31-4)33-16-17(2)3)23-25(29)19-9-6-7-10-20(19)34-26(23)27(28)30/h6-7,9-12,15,17,24H,5,8,13-14,16H2,1-4H3. The van der Waals surface area contributed by atoms with Gasteiger partial charge in [0.2, 0.25) is 5.76 Å². The van der Waals surface area contributed by atoms with Crippen LogP contribution in [0.15, 0.2) is 51.7 Å². The zero-order valence-electron chi connectivity index (χ0n) is 20.1. The average molecular weight is 466 g/mol. The van der Waals surface area contributed by atoms with Crippen LogP contribution in [0.5, 0.6) is 11.5 Å². The van der Waals surface area contributed by atoms with Crippen molar-refractivity contribution in [3.63, 3.8) is 0 Å². The fraction of sp³-hybridized carbons (Fsp3) is 0.407. The molecule has 180 valence electrons. The van der Waals surface area contributed by atoms with Crippen LogP contribution in [-0.4, -0.2) is 44.3 Å². The van der Waals surface area contributed by atoms with E-state index in [0.717, 1.165) is 5.56 Å². The lowest BCUT2D eigenvalue weighted by molar-refractivity contribution is 0.0695. The largest absolute Gasteiger partial charge is 0.493 e. The number of para-hydroxylation sites is 1. The molecule has 2 heterocycles. The van der Waals surface area contributed by atoms with E-state index in [4.69, 9.17) is 18.6 Å². The van der Waals surface area contributed by atoms with Crippen LogP contribution in [0, 0.1) is 5.92 Å². The lowest BCUT2D eigenvalue weighted by Gasteiger charge is -2.26. The van der Waals surface area contributed by atoms with Gasteiger partial charge in [0.05, 0.1) is 30.7 Å². The monoisotopic (exact) mass is 465 g/mol. The van der Waals surface area contributed by atoms with Gasteiger partial charge in [-0.1, -0.05) is 32.0 Å². The first-order valence-electron chi connectivity index (χ1n) is 11.7. The second-order valence-corrected chi connectivity index (χ2v) is 8.74. The summed E-state index contributed by atoms with van der Waals surface area (Å²) in [6.07, 6.45) is 0.643. The Morgan fingerprint density at radius 1 is 1.09 bits per heavy atom. The van der Waals surface area contributed by atoms with E-state index in [2.05, 4.69) is 13.8 Å². The number of benzene rings is 2. The number of hydrogen-bond donors (Lipinski definition) is 0. The molecular weight excluding hydrogens is 434 g/mol. The summed E-state index contributed by atoms with van der Waals surface area (Å²) in [5, 5.41) is 0.457. The molecule has 0 saturated heterocycles. The minimum Gasteiger partial charge on any atom is -0.493 e. The van der Waals surface area contributed by atoms with Crippen LogP contribution in [0.2, 0.25) is 0 Å². The van der Waals surface area contributed by atoms with E-state index in [-0.39, 0.29) is 17.1 Å². The van der Waals surface area contributed by atoms with Crippen LogP contribution in [-0.2, 0) is 4.74 Å². The highest BCUT2D eigenvalue weighted by Crippen LogP contribution is 2.41. The summed E-state index contributed by atoms with van der Waals surface area (Å²) < 4.78 is 22.9. The van der Waals surface area contributed by atoms with Crippen LogP contribution in [0.1, 0.15) is 54.9 Å². The predicted molar refractivity (Wildman–Crippen MR) is 130 cm³/mol. The molecule has 1 aromatic heterocycles. The molecule has 2 aromatic carbocycles. The molecule has 1 aliphatic rings. The number of carbonyl (C=O) groups excluding carboxylic acids is 1. The van der Waals surface area contributed by atoms with E-state index in [0.29, 0.717) is 66.7 Å². The van der Waals surface area contributed by atoms with Crippen molar-refractivity contribution < 1.29 is 23.4 Å². The Bertz CT molecular complexity index is 1230. The van der Waals surface area contributed by atoms with Gasteiger partial charge in [-0.05, 0) is 49.1 Å². The summed E-state index contributed by atoms with van der Waals surface area (Å²) in [5.74, 6) is 1.35. The minimum atomic E-state index is -0.585. The number of hydrogen-bond acceptors (Lipinski definition) is 6. The van der Waals surface area contributed by atoms with E-state index in [1.165, 1.54) is 0 Å². The van der Waals surface area contributed by atoms with Crippen molar-refractivity contribution in [2.75, 3.05) is 33.5 Å². The van der Waals surface area contributed by atoms with E-state index < -0.39 is 6.04 Å². The highest BCUT2D eigenvalue weighted by Gasteiger charge is 2.42. The van der Waals surface area contributed by atoms with Gasteiger partial charge >= 0.3 is 0 Å². The Labute approximate surface area is 199 Å². The summed E-state index contributed by atoms with van der Waals surface area (Å²) in [5.41, 5.74) is 1.34. The zero-order chi connectivity index (χ0) is 24.2. The molecular formula is C27H31NO6. The number of rotatable bonds is 10. The Morgan fingerprint density at radius 3 is 2.62 bits per heavy atom. The first-order chi connectivity index (χ1) is 16.5. The molecule has 0 fully saturated rings. The first-order valence-corrected chi connectivity index (χ1v) is 11.7. The van der Waals surface area contributed by atoms with Crippen LogP contribution in [0.4, 0.5) is 0 Å². The molecule has 1 amide bonds. The van der Waals surface area contributed by atoms with E-state index in [9.17, 15) is 9.59 Å². The van der Waals surface area contributed by atoms with Crippen LogP contribution in [0.25, 0.3) is 11.0 Å². The fourth-order valence-corrected chi connectivity index (χ4v) is 4.26. The third-order valence-electron chi connectivity index (χ3n) is 5.84. The number of carbonyl (C=O) groups is 1. The molecule has 0 radical (unpaired) electrons. The number of amides is 1. The first kappa shape index (κ1) is 23.8. The van der Waals surface area contributed by atoms with Crippen LogP contribution < -0.4 is 14.9 Å². The van der Waals surface area contributed by atoms with Crippen molar-refractivity contribution >= 4 is 16.9 Å². The van der Waals surface area contributed by atoms with Gasteiger partial charge < -0.3 is 23.5 Å². The third kappa shape index (κ3) is 4.53. The molecule has 0 saturated carbocycles. The lowest BCUT2D eigenvalue weighted by atomic mass is 9.98. The lowest BCUT2D eigenvalue weighted by Crippen LogP contribution is -2.31. The maximum atomic E-state index is 13.6. The van der Waals surface area contributed by atoms with Gasteiger partial charge in [-0.15, -0.1) is 0 Å². The minimum absolute atomic E-state index is 0.101. The number of methoxy groups -OCH3 is 1. The molecule has 1 unspecified atom stereocenters. The summed E-state index contributed by atoms with van der Waals surface area (Å²) in [4.78, 5) is 28.7. The average Bonchev–Trinajstić information content (AvgIpc) is 3.12. The van der Waals surface area contributed by atoms with Crippen molar-refractivity contribution in [1.29, 1.82) is 0 Å². The van der Waals surface area contributed by atoms with Crippen molar-refractivity contribution in [3.8, 4) is 11.5 Å². The van der Waals surface area contributed by atoms with Gasteiger partial charge in [-0.2, -0.15) is 0 Å². The highest BCUT2D eigenvalue weighted by molar-refractivity contribution is 5.99. The second kappa shape index (κ2) is 10.3. The van der Waals surface area contributed by atoms with Crippen molar-refractivity contribution in [3.05, 3.63) is 69.6 Å². The molecule has 0 N–H and O–H groups in total. The predicted octanol–water partition coefficient (Wildman–Crippen LogP) is 4.81. The van der Waals surface area contributed by atoms with Crippen LogP contribution in [0.3, 0.4) is 0 Å². The smallest absolute Gasteiger partial charge is 0.290 e. The fourth-order valence-electron chi connectivity index (χ4n) is 4.26. The van der Waals surface area contributed by atoms with E-state index in [1.807, 2.05) is 25.1 Å². The SMILES string of the molecule is CCOCCCN1C(=O)c2oc3ccccc3c(=O)c2C1c1ccc(OCC(C)C)c(OC)c1. The maximum absolute atomic E-state index is 13.6. The molecule has 0 bridgehead atoms. The van der Waals surface area contributed by atoms with Gasteiger partial charge in [0, 0.05) is 19.8 Å². The molecule has 0 aliphatic carbocycles. The quantitative estimate of drug-likeness (QED) is 0.400. The van der Waals surface area contributed by atoms with Gasteiger partial charge in [-0.25, -0.2) is 0 Å². The summed E-state index contributed by atoms with van der Waals surface area (Å²) >= 11 is 0. The van der Waals surface area contributed by atoms with Gasteiger partial charge in [0.15, 0.2) is 16.9 Å². The van der Waals surface area contributed by atoms with Crippen molar-refractivity contribution in [2.45, 2.75) is 33.2 Å². The number of fused-ring (bicyclic) bond motifs is 2. The summed E-state index contributed by atoms with van der Waals surface area (Å²) in [7, 11) is 1.58. The Hall–Kier alpha value is -3.32. The normalized spacial score (nSPS) is 15.3.